The van der Waals surface area contributed by atoms with Crippen molar-refractivity contribution in [3.63, 3.8) is 0 Å². The number of benzene rings is 2. The molecule has 0 spiro atoms. The highest BCUT2D eigenvalue weighted by Gasteiger charge is 2.33. The summed E-state index contributed by atoms with van der Waals surface area (Å²) in [5.74, 6) is -0.354. The summed E-state index contributed by atoms with van der Waals surface area (Å²) in [6.07, 6.45) is -4.14. The van der Waals surface area contributed by atoms with Crippen molar-refractivity contribution in [1.29, 1.82) is 0 Å². The molecule has 0 aliphatic heterocycles. The van der Waals surface area contributed by atoms with Crippen LogP contribution >= 0.6 is 11.6 Å². The summed E-state index contributed by atoms with van der Waals surface area (Å²) in [5, 5.41) is 4.38. The van der Waals surface area contributed by atoms with Crippen molar-refractivity contribution in [3.05, 3.63) is 64.4 Å². The Hall–Kier alpha value is -2.28. The van der Waals surface area contributed by atoms with Crippen molar-refractivity contribution < 1.29 is 22.4 Å². The predicted octanol–water partition coefficient (Wildman–Crippen LogP) is 4.86. The van der Waals surface area contributed by atoms with Crippen LogP contribution in [0, 0.1) is 5.82 Å². The average molecular weight is 361 g/mol. The highest BCUT2D eigenvalue weighted by atomic mass is 35.5. The number of carbonyl (C=O) groups excluding carboxylic acids is 1. The standard InChI is InChI=1S/C16H13ClF4N2O/c17-14-6-5-12(9-13(14)16(19,20)21)23-15(24)22-8-7-10-1-3-11(18)4-2-10/h1-6,9H,7-8H2,(H2,22,23,24). The van der Waals surface area contributed by atoms with Crippen molar-refractivity contribution in [2.24, 2.45) is 0 Å². The Morgan fingerprint density at radius 3 is 2.38 bits per heavy atom. The van der Waals surface area contributed by atoms with E-state index in [-0.39, 0.29) is 18.0 Å². The highest BCUT2D eigenvalue weighted by Crippen LogP contribution is 2.36. The third-order valence-electron chi connectivity index (χ3n) is 3.14. The van der Waals surface area contributed by atoms with Crippen LogP contribution in [-0.2, 0) is 12.6 Å². The fourth-order valence-corrected chi connectivity index (χ4v) is 2.19. The quantitative estimate of drug-likeness (QED) is 0.751. The van der Waals surface area contributed by atoms with Gasteiger partial charge in [0, 0.05) is 12.2 Å². The molecule has 0 heterocycles. The Morgan fingerprint density at radius 1 is 1.08 bits per heavy atom. The number of hydrogen-bond donors (Lipinski definition) is 2. The van der Waals surface area contributed by atoms with E-state index in [1.165, 1.54) is 18.2 Å². The third kappa shape index (κ3) is 5.13. The number of urea groups is 1. The van der Waals surface area contributed by atoms with E-state index in [9.17, 15) is 22.4 Å². The molecule has 2 rings (SSSR count). The molecule has 0 aromatic heterocycles. The molecule has 2 aromatic carbocycles. The Bertz CT molecular complexity index is 717. The monoisotopic (exact) mass is 360 g/mol. The first kappa shape index (κ1) is 18.1. The first-order valence-corrected chi connectivity index (χ1v) is 7.29. The minimum absolute atomic E-state index is 0.0222. The van der Waals surface area contributed by atoms with Gasteiger partial charge < -0.3 is 10.6 Å². The lowest BCUT2D eigenvalue weighted by Gasteiger charge is -2.12. The molecule has 0 bridgehead atoms. The number of carbonyl (C=O) groups is 1. The summed E-state index contributed by atoms with van der Waals surface area (Å²) in [6, 6.07) is 8.25. The molecule has 0 aliphatic carbocycles. The van der Waals surface area contributed by atoms with E-state index >= 15 is 0 Å². The van der Waals surface area contributed by atoms with Gasteiger partial charge in [-0.3, -0.25) is 0 Å². The summed E-state index contributed by atoms with van der Waals surface area (Å²) in [4.78, 5) is 11.7. The van der Waals surface area contributed by atoms with Gasteiger partial charge in [0.15, 0.2) is 0 Å². The lowest BCUT2D eigenvalue weighted by atomic mass is 10.1. The van der Waals surface area contributed by atoms with E-state index in [4.69, 9.17) is 11.6 Å². The molecule has 128 valence electrons. The van der Waals surface area contributed by atoms with Crippen LogP contribution in [0.25, 0.3) is 0 Å². The first-order chi connectivity index (χ1) is 11.3. The Morgan fingerprint density at radius 2 is 1.75 bits per heavy atom. The molecule has 0 unspecified atom stereocenters. The molecule has 3 nitrogen and oxygen atoms in total. The summed E-state index contributed by atoms with van der Waals surface area (Å²) in [6.45, 7) is 0.247. The van der Waals surface area contributed by atoms with Crippen LogP contribution in [0.3, 0.4) is 0 Å². The summed E-state index contributed by atoms with van der Waals surface area (Å²) in [7, 11) is 0. The van der Waals surface area contributed by atoms with Gasteiger partial charge in [0.25, 0.3) is 0 Å². The molecule has 0 fully saturated rings. The number of anilines is 1. The molecule has 0 radical (unpaired) electrons. The SMILES string of the molecule is O=C(NCCc1ccc(F)cc1)Nc1ccc(Cl)c(C(F)(F)F)c1. The molecule has 24 heavy (non-hydrogen) atoms. The Labute approximate surface area is 140 Å². The zero-order valence-electron chi connectivity index (χ0n) is 12.3. The zero-order valence-corrected chi connectivity index (χ0v) is 13.0. The van der Waals surface area contributed by atoms with Crippen LogP contribution in [0.4, 0.5) is 28.0 Å². The number of rotatable bonds is 4. The maximum Gasteiger partial charge on any atom is 0.417 e. The number of halogens is 5. The van der Waals surface area contributed by atoms with E-state index in [2.05, 4.69) is 10.6 Å². The van der Waals surface area contributed by atoms with Crippen LogP contribution in [-0.4, -0.2) is 12.6 Å². The van der Waals surface area contributed by atoms with E-state index < -0.39 is 22.8 Å². The first-order valence-electron chi connectivity index (χ1n) is 6.92. The lowest BCUT2D eigenvalue weighted by molar-refractivity contribution is -0.137. The van der Waals surface area contributed by atoms with Crippen LogP contribution in [0.1, 0.15) is 11.1 Å². The largest absolute Gasteiger partial charge is 0.417 e. The molecule has 2 N–H and O–H groups in total. The van der Waals surface area contributed by atoms with Crippen molar-refractivity contribution in [2.75, 3.05) is 11.9 Å². The maximum absolute atomic E-state index is 12.8. The molecule has 0 saturated heterocycles. The van der Waals surface area contributed by atoms with Gasteiger partial charge in [0.05, 0.1) is 10.6 Å². The van der Waals surface area contributed by atoms with Gasteiger partial charge in [0.1, 0.15) is 5.82 Å². The van der Waals surface area contributed by atoms with Crippen LogP contribution in [0.2, 0.25) is 5.02 Å². The minimum Gasteiger partial charge on any atom is -0.338 e. The predicted molar refractivity (Wildman–Crippen MR) is 83.6 cm³/mol. The average Bonchev–Trinajstić information content (AvgIpc) is 2.50. The van der Waals surface area contributed by atoms with Crippen LogP contribution < -0.4 is 10.6 Å². The van der Waals surface area contributed by atoms with Crippen molar-refractivity contribution in [2.45, 2.75) is 12.6 Å². The van der Waals surface area contributed by atoms with Crippen LogP contribution in [0.5, 0.6) is 0 Å². The van der Waals surface area contributed by atoms with E-state index in [1.807, 2.05) is 0 Å². The molecule has 2 aromatic rings. The summed E-state index contributed by atoms with van der Waals surface area (Å²) in [5.41, 5.74) is -0.221. The van der Waals surface area contributed by atoms with Crippen LogP contribution in [0.15, 0.2) is 42.5 Å². The van der Waals surface area contributed by atoms with Gasteiger partial charge in [0.2, 0.25) is 0 Å². The second-order valence-corrected chi connectivity index (χ2v) is 5.36. The molecule has 8 heteroatoms. The molecule has 2 amide bonds. The van der Waals surface area contributed by atoms with E-state index in [1.54, 1.807) is 12.1 Å². The molecule has 0 saturated carbocycles. The molecular formula is C16H13ClF4N2O. The smallest absolute Gasteiger partial charge is 0.338 e. The van der Waals surface area contributed by atoms with Gasteiger partial charge in [-0.2, -0.15) is 13.2 Å². The number of nitrogens with one attached hydrogen (secondary N) is 2. The van der Waals surface area contributed by atoms with E-state index in [0.717, 1.165) is 17.7 Å². The van der Waals surface area contributed by atoms with Crippen molar-refractivity contribution in [3.8, 4) is 0 Å². The van der Waals surface area contributed by atoms with Gasteiger partial charge in [-0.15, -0.1) is 0 Å². The maximum atomic E-state index is 12.8. The van der Waals surface area contributed by atoms with Gasteiger partial charge in [-0.1, -0.05) is 23.7 Å². The van der Waals surface area contributed by atoms with Gasteiger partial charge in [-0.05, 0) is 42.3 Å². The van der Waals surface area contributed by atoms with Gasteiger partial charge in [-0.25, -0.2) is 9.18 Å². The minimum atomic E-state index is -4.60. The Kier molecular flexibility index (Phi) is 5.66. The fourth-order valence-electron chi connectivity index (χ4n) is 1.97. The zero-order chi connectivity index (χ0) is 17.7. The van der Waals surface area contributed by atoms with Gasteiger partial charge >= 0.3 is 12.2 Å². The third-order valence-corrected chi connectivity index (χ3v) is 3.47. The molecular weight excluding hydrogens is 348 g/mol. The normalized spacial score (nSPS) is 11.2. The Balaban J connectivity index is 1.89. The molecule has 0 atom stereocenters. The number of alkyl halides is 3. The topological polar surface area (TPSA) is 41.1 Å². The lowest BCUT2D eigenvalue weighted by Crippen LogP contribution is -2.30. The summed E-state index contributed by atoms with van der Waals surface area (Å²) < 4.78 is 51.0. The number of amides is 2. The highest BCUT2D eigenvalue weighted by molar-refractivity contribution is 6.31. The fraction of sp³-hybridized carbons (Fsp3) is 0.188. The molecule has 0 aliphatic rings. The van der Waals surface area contributed by atoms with Crippen molar-refractivity contribution >= 4 is 23.3 Å². The second-order valence-electron chi connectivity index (χ2n) is 4.95. The second kappa shape index (κ2) is 7.53. The van der Waals surface area contributed by atoms with E-state index in [0.29, 0.717) is 6.42 Å². The van der Waals surface area contributed by atoms with Crippen molar-refractivity contribution in [1.82, 2.24) is 5.32 Å². The summed E-state index contributed by atoms with van der Waals surface area (Å²) >= 11 is 5.50. The number of hydrogen-bond acceptors (Lipinski definition) is 1.